The second-order valence-electron chi connectivity index (χ2n) is 4.05. The number of anilines is 1. The fourth-order valence-corrected chi connectivity index (χ4v) is 3.13. The molecule has 0 saturated carbocycles. The van der Waals surface area contributed by atoms with Crippen molar-refractivity contribution < 1.29 is 4.74 Å². The van der Waals surface area contributed by atoms with Crippen LogP contribution in [0.15, 0.2) is 28.3 Å². The third-order valence-electron chi connectivity index (χ3n) is 2.59. The number of imidazole rings is 1. The van der Waals surface area contributed by atoms with E-state index < -0.39 is 0 Å². The number of nitrogens with one attached hydrogen (secondary N) is 1. The number of hydrogen-bond donors (Lipinski definition) is 1. The van der Waals surface area contributed by atoms with Crippen molar-refractivity contribution in [2.45, 2.75) is 19.5 Å². The highest BCUT2D eigenvalue weighted by atomic mass is 79.9. The first-order valence-electron chi connectivity index (χ1n) is 5.69. The minimum absolute atomic E-state index is 0.273. The molecular formula is C12H16BrN3OS. The van der Waals surface area contributed by atoms with Crippen LogP contribution in [-0.4, -0.2) is 23.3 Å². The summed E-state index contributed by atoms with van der Waals surface area (Å²) in [5.74, 6) is 0.879. The summed E-state index contributed by atoms with van der Waals surface area (Å²) in [5.41, 5.74) is 0. The van der Waals surface area contributed by atoms with Crippen molar-refractivity contribution in [1.29, 1.82) is 0 Å². The van der Waals surface area contributed by atoms with Crippen LogP contribution in [-0.2, 0) is 11.3 Å². The van der Waals surface area contributed by atoms with E-state index in [1.807, 2.05) is 6.20 Å². The van der Waals surface area contributed by atoms with E-state index >= 15 is 0 Å². The number of methoxy groups -OCH3 is 1. The number of ether oxygens (including phenoxy) is 1. The van der Waals surface area contributed by atoms with Crippen LogP contribution < -0.4 is 5.32 Å². The van der Waals surface area contributed by atoms with Gasteiger partial charge in [0.2, 0.25) is 5.95 Å². The van der Waals surface area contributed by atoms with Crippen LogP contribution in [0.3, 0.4) is 0 Å². The maximum atomic E-state index is 5.17. The summed E-state index contributed by atoms with van der Waals surface area (Å²) in [6, 6.07) is 2.39. The van der Waals surface area contributed by atoms with Crippen LogP contribution in [0.5, 0.6) is 0 Å². The molecule has 0 aliphatic rings. The lowest BCUT2D eigenvalue weighted by Crippen LogP contribution is -2.14. The van der Waals surface area contributed by atoms with E-state index in [1.165, 1.54) is 4.88 Å². The zero-order valence-corrected chi connectivity index (χ0v) is 12.8. The van der Waals surface area contributed by atoms with Crippen LogP contribution in [0, 0.1) is 0 Å². The monoisotopic (exact) mass is 329 g/mol. The van der Waals surface area contributed by atoms with Crippen molar-refractivity contribution in [3.63, 3.8) is 0 Å². The molecule has 98 valence electrons. The Balaban J connectivity index is 1.99. The first-order chi connectivity index (χ1) is 8.70. The quantitative estimate of drug-likeness (QED) is 0.881. The molecule has 6 heteroatoms. The molecule has 1 atom stereocenters. The highest BCUT2D eigenvalue weighted by Gasteiger charge is 2.09. The summed E-state index contributed by atoms with van der Waals surface area (Å²) < 4.78 is 8.38. The van der Waals surface area contributed by atoms with Gasteiger partial charge in [-0.3, -0.25) is 0 Å². The molecule has 2 heterocycles. The molecule has 1 unspecified atom stereocenters. The zero-order valence-electron chi connectivity index (χ0n) is 10.4. The number of thiophene rings is 1. The molecule has 4 nitrogen and oxygen atoms in total. The topological polar surface area (TPSA) is 39.1 Å². The Morgan fingerprint density at radius 2 is 2.44 bits per heavy atom. The molecule has 1 N–H and O–H groups in total. The summed E-state index contributed by atoms with van der Waals surface area (Å²) in [6.45, 7) is 3.57. The van der Waals surface area contributed by atoms with Crippen molar-refractivity contribution in [3.05, 3.63) is 33.2 Å². The van der Waals surface area contributed by atoms with E-state index in [1.54, 1.807) is 24.6 Å². The Bertz CT molecular complexity index is 497. The molecule has 0 bridgehead atoms. The van der Waals surface area contributed by atoms with E-state index in [2.05, 4.69) is 49.2 Å². The van der Waals surface area contributed by atoms with Crippen molar-refractivity contribution in [3.8, 4) is 0 Å². The average Bonchev–Trinajstić information content (AvgIpc) is 2.95. The van der Waals surface area contributed by atoms with Gasteiger partial charge in [0.1, 0.15) is 0 Å². The number of aromatic nitrogens is 2. The molecular weight excluding hydrogens is 314 g/mol. The lowest BCUT2D eigenvalue weighted by Gasteiger charge is -2.15. The first kappa shape index (κ1) is 13.6. The van der Waals surface area contributed by atoms with E-state index in [-0.39, 0.29) is 6.04 Å². The predicted octanol–water partition coefficient (Wildman–Crippen LogP) is 3.53. The molecule has 2 rings (SSSR count). The Kier molecular flexibility index (Phi) is 4.79. The minimum atomic E-state index is 0.273. The van der Waals surface area contributed by atoms with Gasteiger partial charge >= 0.3 is 0 Å². The second kappa shape index (κ2) is 6.36. The Morgan fingerprint density at radius 3 is 3.11 bits per heavy atom. The number of halogens is 1. The number of rotatable bonds is 6. The van der Waals surface area contributed by atoms with Gasteiger partial charge in [-0.05, 0) is 28.9 Å². The largest absolute Gasteiger partial charge is 0.383 e. The van der Waals surface area contributed by atoms with Gasteiger partial charge in [0.15, 0.2) is 0 Å². The highest BCUT2D eigenvalue weighted by Crippen LogP contribution is 2.21. The van der Waals surface area contributed by atoms with Crippen LogP contribution in [0.4, 0.5) is 5.95 Å². The molecule has 0 spiro atoms. The van der Waals surface area contributed by atoms with Gasteiger partial charge in [-0.25, -0.2) is 4.98 Å². The molecule has 0 aliphatic heterocycles. The van der Waals surface area contributed by atoms with Crippen molar-refractivity contribution in [2.24, 2.45) is 0 Å². The average molecular weight is 330 g/mol. The summed E-state index contributed by atoms with van der Waals surface area (Å²) in [6.07, 6.45) is 3.77. The highest BCUT2D eigenvalue weighted by molar-refractivity contribution is 9.10. The van der Waals surface area contributed by atoms with Crippen LogP contribution in [0.1, 0.15) is 17.8 Å². The summed E-state index contributed by atoms with van der Waals surface area (Å²) in [5, 5.41) is 5.43. The van der Waals surface area contributed by atoms with Crippen molar-refractivity contribution in [2.75, 3.05) is 19.0 Å². The van der Waals surface area contributed by atoms with E-state index in [4.69, 9.17) is 4.74 Å². The number of hydrogen-bond acceptors (Lipinski definition) is 4. The van der Waals surface area contributed by atoms with Gasteiger partial charge in [0, 0.05) is 34.2 Å². The minimum Gasteiger partial charge on any atom is -0.383 e. The van der Waals surface area contributed by atoms with E-state index in [0.29, 0.717) is 6.61 Å². The van der Waals surface area contributed by atoms with Gasteiger partial charge in [0.25, 0.3) is 0 Å². The molecule has 0 amide bonds. The summed E-state index contributed by atoms with van der Waals surface area (Å²) in [7, 11) is 1.71. The first-order valence-corrected chi connectivity index (χ1v) is 7.36. The second-order valence-corrected chi connectivity index (χ2v) is 5.96. The standard InChI is InChI=1S/C12H16BrN3OS/c1-9(7-17-2)16-4-3-14-12(16)15-6-11-5-10(13)8-18-11/h3-5,8-9H,6-7H2,1-2H3,(H,14,15). The molecule has 0 fully saturated rings. The molecule has 2 aromatic rings. The van der Waals surface area contributed by atoms with Gasteiger partial charge in [0.05, 0.1) is 19.2 Å². The fraction of sp³-hybridized carbons (Fsp3) is 0.417. The predicted molar refractivity (Wildman–Crippen MR) is 78.2 cm³/mol. The van der Waals surface area contributed by atoms with E-state index in [9.17, 15) is 0 Å². The van der Waals surface area contributed by atoms with Crippen LogP contribution in [0.25, 0.3) is 0 Å². The Morgan fingerprint density at radius 1 is 1.61 bits per heavy atom. The summed E-state index contributed by atoms with van der Waals surface area (Å²) >= 11 is 5.18. The lowest BCUT2D eigenvalue weighted by molar-refractivity contribution is 0.163. The fourth-order valence-electron chi connectivity index (χ4n) is 1.74. The molecule has 18 heavy (non-hydrogen) atoms. The zero-order chi connectivity index (χ0) is 13.0. The molecule has 2 aromatic heterocycles. The van der Waals surface area contributed by atoms with Crippen molar-refractivity contribution >= 4 is 33.2 Å². The van der Waals surface area contributed by atoms with Gasteiger partial charge < -0.3 is 14.6 Å². The smallest absolute Gasteiger partial charge is 0.203 e. The van der Waals surface area contributed by atoms with Gasteiger partial charge in [-0.15, -0.1) is 11.3 Å². The third-order valence-corrected chi connectivity index (χ3v) is 4.29. The molecule has 0 saturated heterocycles. The van der Waals surface area contributed by atoms with Crippen molar-refractivity contribution in [1.82, 2.24) is 9.55 Å². The molecule has 0 aromatic carbocycles. The Hall–Kier alpha value is -0.850. The normalized spacial score (nSPS) is 12.6. The molecule has 0 radical (unpaired) electrons. The molecule has 0 aliphatic carbocycles. The maximum Gasteiger partial charge on any atom is 0.203 e. The number of nitrogens with zero attached hydrogens (tertiary/aromatic N) is 2. The van der Waals surface area contributed by atoms with Crippen LogP contribution >= 0.6 is 27.3 Å². The summed E-state index contributed by atoms with van der Waals surface area (Å²) in [4.78, 5) is 5.60. The third kappa shape index (κ3) is 3.34. The SMILES string of the molecule is COCC(C)n1ccnc1NCc1cc(Br)cs1. The van der Waals surface area contributed by atoms with E-state index in [0.717, 1.165) is 17.0 Å². The van der Waals surface area contributed by atoms with Gasteiger partial charge in [-0.1, -0.05) is 0 Å². The van der Waals surface area contributed by atoms with Crippen LogP contribution in [0.2, 0.25) is 0 Å². The maximum absolute atomic E-state index is 5.17. The van der Waals surface area contributed by atoms with Gasteiger partial charge in [-0.2, -0.15) is 0 Å². The Labute approximate surface area is 119 Å². The lowest BCUT2D eigenvalue weighted by atomic mass is 10.3.